The Morgan fingerprint density at radius 2 is 1.79 bits per heavy atom. The van der Waals surface area contributed by atoms with E-state index in [1.54, 1.807) is 18.2 Å². The summed E-state index contributed by atoms with van der Waals surface area (Å²) in [5.41, 5.74) is 1.40. The number of hydrogen-bond donors (Lipinski definition) is 2. The molecule has 0 bridgehead atoms. The van der Waals surface area contributed by atoms with Crippen LogP contribution >= 0.6 is 0 Å². The SMILES string of the molecule is COc1cc([N+](=O)[O-])ccc1NC(=O)C(=O)Nc1cccc(C)c1. The Labute approximate surface area is 137 Å². The molecular weight excluding hydrogens is 314 g/mol. The van der Waals surface area contributed by atoms with Crippen molar-refractivity contribution < 1.29 is 19.2 Å². The van der Waals surface area contributed by atoms with Gasteiger partial charge < -0.3 is 15.4 Å². The van der Waals surface area contributed by atoms with Crippen molar-refractivity contribution in [3.63, 3.8) is 0 Å². The van der Waals surface area contributed by atoms with Crippen LogP contribution in [0.1, 0.15) is 5.56 Å². The normalized spacial score (nSPS) is 9.92. The first kappa shape index (κ1) is 16.9. The summed E-state index contributed by atoms with van der Waals surface area (Å²) >= 11 is 0. The lowest BCUT2D eigenvalue weighted by Crippen LogP contribution is -2.29. The number of nitro benzene ring substituents is 1. The molecular formula is C16H15N3O5. The largest absolute Gasteiger partial charge is 0.494 e. The van der Waals surface area contributed by atoms with Crippen molar-refractivity contribution in [1.29, 1.82) is 0 Å². The Balaban J connectivity index is 2.11. The zero-order valence-electron chi connectivity index (χ0n) is 13.0. The third-order valence-corrected chi connectivity index (χ3v) is 3.13. The fourth-order valence-corrected chi connectivity index (χ4v) is 1.99. The second-order valence-electron chi connectivity index (χ2n) is 4.92. The van der Waals surface area contributed by atoms with Crippen LogP contribution in [0.15, 0.2) is 42.5 Å². The zero-order valence-corrected chi connectivity index (χ0v) is 13.0. The molecule has 2 amide bonds. The molecule has 0 saturated heterocycles. The maximum atomic E-state index is 12.0. The highest BCUT2D eigenvalue weighted by Crippen LogP contribution is 2.28. The molecule has 2 rings (SSSR count). The van der Waals surface area contributed by atoms with Crippen molar-refractivity contribution >= 4 is 28.9 Å². The van der Waals surface area contributed by atoms with Crippen molar-refractivity contribution in [1.82, 2.24) is 0 Å². The van der Waals surface area contributed by atoms with E-state index in [9.17, 15) is 19.7 Å². The predicted octanol–water partition coefficient (Wildman–Crippen LogP) is 2.49. The maximum absolute atomic E-state index is 12.0. The number of carbonyl (C=O) groups excluding carboxylic acids is 2. The van der Waals surface area contributed by atoms with E-state index in [0.29, 0.717) is 5.69 Å². The number of aryl methyl sites for hydroxylation is 1. The third-order valence-electron chi connectivity index (χ3n) is 3.13. The highest BCUT2D eigenvalue weighted by atomic mass is 16.6. The number of nitro groups is 1. The van der Waals surface area contributed by atoms with Crippen LogP contribution < -0.4 is 15.4 Å². The molecule has 24 heavy (non-hydrogen) atoms. The van der Waals surface area contributed by atoms with Gasteiger partial charge in [0.2, 0.25) is 0 Å². The first-order chi connectivity index (χ1) is 11.4. The Morgan fingerprint density at radius 3 is 2.42 bits per heavy atom. The Hall–Kier alpha value is -3.42. The van der Waals surface area contributed by atoms with Gasteiger partial charge >= 0.3 is 11.8 Å². The number of nitrogens with one attached hydrogen (secondary N) is 2. The molecule has 0 aliphatic rings. The minimum atomic E-state index is -0.913. The van der Waals surface area contributed by atoms with Gasteiger partial charge in [-0.15, -0.1) is 0 Å². The van der Waals surface area contributed by atoms with Crippen molar-refractivity contribution in [3.8, 4) is 5.75 Å². The van der Waals surface area contributed by atoms with E-state index in [1.165, 1.54) is 19.2 Å². The fourth-order valence-electron chi connectivity index (χ4n) is 1.99. The van der Waals surface area contributed by atoms with Crippen molar-refractivity contribution in [2.24, 2.45) is 0 Å². The van der Waals surface area contributed by atoms with Gasteiger partial charge in [-0.2, -0.15) is 0 Å². The first-order valence-electron chi connectivity index (χ1n) is 6.92. The van der Waals surface area contributed by atoms with E-state index in [2.05, 4.69) is 10.6 Å². The zero-order chi connectivity index (χ0) is 17.7. The van der Waals surface area contributed by atoms with E-state index >= 15 is 0 Å². The molecule has 0 atom stereocenters. The van der Waals surface area contributed by atoms with Gasteiger partial charge in [-0.25, -0.2) is 0 Å². The van der Waals surface area contributed by atoms with Crippen LogP contribution in [-0.2, 0) is 9.59 Å². The van der Waals surface area contributed by atoms with Gasteiger partial charge in [0.1, 0.15) is 5.75 Å². The third kappa shape index (κ3) is 4.07. The fraction of sp³-hybridized carbons (Fsp3) is 0.125. The first-order valence-corrected chi connectivity index (χ1v) is 6.92. The van der Waals surface area contributed by atoms with Crippen LogP contribution in [0.25, 0.3) is 0 Å². The molecule has 0 fully saturated rings. The number of rotatable bonds is 4. The smallest absolute Gasteiger partial charge is 0.314 e. The molecule has 8 heteroatoms. The van der Waals surface area contributed by atoms with Crippen LogP contribution in [0.4, 0.5) is 17.1 Å². The van der Waals surface area contributed by atoms with E-state index in [1.807, 2.05) is 13.0 Å². The van der Waals surface area contributed by atoms with Crippen LogP contribution in [0.2, 0.25) is 0 Å². The summed E-state index contributed by atoms with van der Waals surface area (Å²) in [6.07, 6.45) is 0. The van der Waals surface area contributed by atoms with Crippen LogP contribution in [-0.4, -0.2) is 23.8 Å². The average molecular weight is 329 g/mol. The van der Waals surface area contributed by atoms with Crippen LogP contribution in [0.5, 0.6) is 5.75 Å². The Morgan fingerprint density at radius 1 is 1.08 bits per heavy atom. The average Bonchev–Trinajstić information content (AvgIpc) is 2.54. The minimum absolute atomic E-state index is 0.0842. The monoisotopic (exact) mass is 329 g/mol. The summed E-state index contributed by atoms with van der Waals surface area (Å²) in [7, 11) is 1.31. The molecule has 8 nitrogen and oxygen atoms in total. The Kier molecular flexibility index (Phi) is 5.10. The van der Waals surface area contributed by atoms with Gasteiger partial charge in [-0.05, 0) is 30.7 Å². The molecule has 2 aromatic rings. The number of anilines is 2. The maximum Gasteiger partial charge on any atom is 0.314 e. The number of methoxy groups -OCH3 is 1. The second-order valence-corrected chi connectivity index (χ2v) is 4.92. The molecule has 0 unspecified atom stereocenters. The highest BCUT2D eigenvalue weighted by Gasteiger charge is 2.18. The van der Waals surface area contributed by atoms with Gasteiger partial charge in [-0.3, -0.25) is 19.7 Å². The van der Waals surface area contributed by atoms with Gasteiger partial charge in [-0.1, -0.05) is 12.1 Å². The van der Waals surface area contributed by atoms with E-state index in [-0.39, 0.29) is 17.1 Å². The number of hydrogen-bond acceptors (Lipinski definition) is 5. The minimum Gasteiger partial charge on any atom is -0.494 e. The van der Waals surface area contributed by atoms with Crippen LogP contribution in [0.3, 0.4) is 0 Å². The summed E-state index contributed by atoms with van der Waals surface area (Å²) < 4.78 is 5.00. The topological polar surface area (TPSA) is 111 Å². The predicted molar refractivity (Wildman–Crippen MR) is 88.1 cm³/mol. The Bertz CT molecular complexity index is 804. The lowest BCUT2D eigenvalue weighted by atomic mass is 10.2. The van der Waals surface area contributed by atoms with Gasteiger partial charge in [0.25, 0.3) is 5.69 Å². The van der Waals surface area contributed by atoms with Crippen molar-refractivity contribution in [3.05, 3.63) is 58.1 Å². The molecule has 2 aromatic carbocycles. The quantitative estimate of drug-likeness (QED) is 0.508. The van der Waals surface area contributed by atoms with E-state index in [0.717, 1.165) is 11.6 Å². The molecule has 0 spiro atoms. The molecule has 2 N–H and O–H groups in total. The lowest BCUT2D eigenvalue weighted by molar-refractivity contribution is -0.384. The molecule has 0 aromatic heterocycles. The highest BCUT2D eigenvalue weighted by molar-refractivity contribution is 6.43. The number of amides is 2. The summed E-state index contributed by atoms with van der Waals surface area (Å²) in [4.78, 5) is 34.1. The molecule has 0 aliphatic heterocycles. The number of benzene rings is 2. The number of ether oxygens (including phenoxy) is 1. The lowest BCUT2D eigenvalue weighted by Gasteiger charge is -2.10. The summed E-state index contributed by atoms with van der Waals surface area (Å²) in [6.45, 7) is 1.86. The standard InChI is InChI=1S/C16H15N3O5/c1-10-4-3-5-11(8-10)17-15(20)16(21)18-13-7-6-12(19(22)23)9-14(13)24-2/h3-9H,1-2H3,(H,17,20)(H,18,21). The summed E-state index contributed by atoms with van der Waals surface area (Å²) in [5.74, 6) is -1.69. The van der Waals surface area contributed by atoms with Crippen molar-refractivity contribution in [2.75, 3.05) is 17.7 Å². The molecule has 0 aliphatic carbocycles. The van der Waals surface area contributed by atoms with Gasteiger partial charge in [0.15, 0.2) is 0 Å². The molecule has 0 saturated carbocycles. The number of non-ortho nitro benzene ring substituents is 1. The van der Waals surface area contributed by atoms with E-state index in [4.69, 9.17) is 4.74 Å². The van der Waals surface area contributed by atoms with E-state index < -0.39 is 16.7 Å². The molecule has 124 valence electrons. The van der Waals surface area contributed by atoms with Crippen molar-refractivity contribution in [2.45, 2.75) is 6.92 Å². The summed E-state index contributed by atoms with van der Waals surface area (Å²) in [6, 6.07) is 10.7. The number of carbonyl (C=O) groups is 2. The molecule has 0 radical (unpaired) electrons. The number of nitrogens with zero attached hydrogens (tertiary/aromatic N) is 1. The summed E-state index contributed by atoms with van der Waals surface area (Å²) in [5, 5.41) is 15.6. The molecule has 0 heterocycles. The van der Waals surface area contributed by atoms with Crippen LogP contribution in [0, 0.1) is 17.0 Å². The second kappa shape index (κ2) is 7.23. The van der Waals surface area contributed by atoms with Gasteiger partial charge in [0, 0.05) is 11.8 Å². The van der Waals surface area contributed by atoms with Gasteiger partial charge in [0.05, 0.1) is 23.8 Å².